The average molecular weight is 359 g/mol. The van der Waals surface area contributed by atoms with Crippen LogP contribution in [0.25, 0.3) is 0 Å². The summed E-state index contributed by atoms with van der Waals surface area (Å²) in [6, 6.07) is 0. The second-order valence-electron chi connectivity index (χ2n) is 10.6. The molecule has 8 atom stereocenters. The first kappa shape index (κ1) is 18.6. The molecule has 0 radical (unpaired) electrons. The van der Waals surface area contributed by atoms with Crippen LogP contribution in [-0.2, 0) is 4.79 Å². The molecule has 26 heavy (non-hydrogen) atoms. The number of aliphatic carboxylic acids is 1. The van der Waals surface area contributed by atoms with Gasteiger partial charge in [-0.1, -0.05) is 45.8 Å². The third kappa shape index (κ3) is 2.78. The molecule has 4 aliphatic carbocycles. The van der Waals surface area contributed by atoms with Crippen LogP contribution < -0.4 is 0 Å². The Labute approximate surface area is 159 Å². The molecule has 0 aromatic heterocycles. The highest BCUT2D eigenvalue weighted by Gasteiger charge is 2.58. The molecule has 0 aromatic carbocycles. The molecule has 4 rings (SSSR count). The van der Waals surface area contributed by atoms with E-state index in [1.807, 2.05) is 0 Å². The Morgan fingerprint density at radius 1 is 1.15 bits per heavy atom. The smallest absolute Gasteiger partial charge is 0.303 e. The van der Waals surface area contributed by atoms with Crippen molar-refractivity contribution < 1.29 is 9.90 Å². The fourth-order valence-electron chi connectivity index (χ4n) is 8.16. The molecular formula is C24H38O2. The van der Waals surface area contributed by atoms with Crippen molar-refractivity contribution in [1.29, 1.82) is 0 Å². The summed E-state index contributed by atoms with van der Waals surface area (Å²) in [7, 11) is 0. The molecule has 146 valence electrons. The predicted octanol–water partition coefficient (Wildman–Crippen LogP) is 6.31. The van der Waals surface area contributed by atoms with Gasteiger partial charge in [-0.05, 0) is 91.3 Å². The second-order valence-corrected chi connectivity index (χ2v) is 10.6. The summed E-state index contributed by atoms with van der Waals surface area (Å²) in [5.74, 6) is 4.01. The van der Waals surface area contributed by atoms with Gasteiger partial charge in [0.25, 0.3) is 0 Å². The zero-order chi connectivity index (χ0) is 18.5. The maximum atomic E-state index is 11.0. The minimum atomic E-state index is -0.639. The van der Waals surface area contributed by atoms with Gasteiger partial charge in [-0.3, -0.25) is 4.79 Å². The Morgan fingerprint density at radius 3 is 2.73 bits per heavy atom. The molecule has 7 unspecified atom stereocenters. The molecule has 0 aliphatic heterocycles. The highest BCUT2D eigenvalue weighted by molar-refractivity contribution is 5.66. The molecule has 2 heteroatoms. The van der Waals surface area contributed by atoms with Gasteiger partial charge in [0, 0.05) is 6.42 Å². The van der Waals surface area contributed by atoms with Gasteiger partial charge in [-0.25, -0.2) is 0 Å². The number of fused-ring (bicyclic) bond motifs is 5. The van der Waals surface area contributed by atoms with Crippen LogP contribution >= 0.6 is 0 Å². The third-order valence-corrected chi connectivity index (χ3v) is 9.59. The lowest BCUT2D eigenvalue weighted by Gasteiger charge is -2.58. The van der Waals surface area contributed by atoms with Crippen LogP contribution in [0.4, 0.5) is 0 Å². The summed E-state index contributed by atoms with van der Waals surface area (Å²) >= 11 is 0. The van der Waals surface area contributed by atoms with E-state index in [1.165, 1.54) is 51.4 Å². The largest absolute Gasteiger partial charge is 0.481 e. The Balaban J connectivity index is 1.57. The maximum Gasteiger partial charge on any atom is 0.303 e. The van der Waals surface area contributed by atoms with Gasteiger partial charge in [0.1, 0.15) is 0 Å². The van der Waals surface area contributed by atoms with Crippen molar-refractivity contribution in [3.63, 3.8) is 0 Å². The fourth-order valence-corrected chi connectivity index (χ4v) is 8.16. The molecule has 0 amide bonds. The van der Waals surface area contributed by atoms with Crippen molar-refractivity contribution in [3.8, 4) is 0 Å². The van der Waals surface area contributed by atoms with Crippen LogP contribution in [0.1, 0.15) is 85.0 Å². The Hall–Kier alpha value is -0.790. The number of allylic oxidation sites excluding steroid dienone is 2. The number of rotatable bonds is 4. The SMILES string of the molecule is C[C@H](CCC(=O)O)C1CCC2C3CCC4CCCCC4(C)C3C=CC21C. The van der Waals surface area contributed by atoms with E-state index in [-0.39, 0.29) is 0 Å². The first-order valence-electron chi connectivity index (χ1n) is 11.3. The Bertz CT molecular complexity index is 581. The zero-order valence-corrected chi connectivity index (χ0v) is 17.0. The van der Waals surface area contributed by atoms with Crippen LogP contribution in [0, 0.1) is 46.3 Å². The number of hydrogen-bond donors (Lipinski definition) is 1. The van der Waals surface area contributed by atoms with Crippen LogP contribution in [-0.4, -0.2) is 11.1 Å². The lowest BCUT2D eigenvalue weighted by molar-refractivity contribution is -0.137. The zero-order valence-electron chi connectivity index (χ0n) is 17.0. The minimum absolute atomic E-state index is 0.303. The number of carboxylic acids is 1. The van der Waals surface area contributed by atoms with Crippen molar-refractivity contribution in [3.05, 3.63) is 12.2 Å². The van der Waals surface area contributed by atoms with Crippen LogP contribution in [0.3, 0.4) is 0 Å². The lowest BCUT2D eigenvalue weighted by atomic mass is 9.46. The van der Waals surface area contributed by atoms with Gasteiger partial charge in [-0.2, -0.15) is 0 Å². The van der Waals surface area contributed by atoms with Gasteiger partial charge in [0.2, 0.25) is 0 Å². The topological polar surface area (TPSA) is 37.3 Å². The van der Waals surface area contributed by atoms with Gasteiger partial charge >= 0.3 is 5.97 Å². The van der Waals surface area contributed by atoms with E-state index in [1.54, 1.807) is 0 Å². The van der Waals surface area contributed by atoms with E-state index in [2.05, 4.69) is 32.9 Å². The van der Waals surface area contributed by atoms with E-state index in [0.717, 1.165) is 30.1 Å². The summed E-state index contributed by atoms with van der Waals surface area (Å²) in [6.45, 7) is 7.43. The van der Waals surface area contributed by atoms with E-state index in [9.17, 15) is 4.79 Å². The molecule has 0 saturated heterocycles. The van der Waals surface area contributed by atoms with Crippen molar-refractivity contribution >= 4 is 5.97 Å². The van der Waals surface area contributed by atoms with Crippen molar-refractivity contribution in [2.45, 2.75) is 85.0 Å². The molecule has 0 aromatic rings. The highest BCUT2D eigenvalue weighted by Crippen LogP contribution is 2.66. The number of carbonyl (C=O) groups is 1. The van der Waals surface area contributed by atoms with Crippen molar-refractivity contribution in [2.75, 3.05) is 0 Å². The van der Waals surface area contributed by atoms with E-state index in [4.69, 9.17) is 5.11 Å². The molecule has 3 saturated carbocycles. The summed E-state index contributed by atoms with van der Waals surface area (Å²) < 4.78 is 0. The molecule has 3 fully saturated rings. The average Bonchev–Trinajstić information content (AvgIpc) is 2.96. The standard InChI is InChI=1S/C24H38O2/c1-16(7-12-22(25)26)19-10-11-20-18-9-8-17-6-4-5-14-23(17,2)21(18)13-15-24(19,20)3/h13,15-21H,4-12,14H2,1-3H3,(H,25,26)/t16-,17?,18?,19?,20?,21?,23?,24?/m1/s1. The monoisotopic (exact) mass is 358 g/mol. The van der Waals surface area contributed by atoms with Crippen molar-refractivity contribution in [2.24, 2.45) is 46.3 Å². The Morgan fingerprint density at radius 2 is 1.96 bits per heavy atom. The molecule has 4 aliphatic rings. The summed E-state index contributed by atoms with van der Waals surface area (Å²) in [5.41, 5.74) is 0.850. The number of hydrogen-bond acceptors (Lipinski definition) is 1. The van der Waals surface area contributed by atoms with Crippen LogP contribution in [0.2, 0.25) is 0 Å². The molecule has 0 heterocycles. The summed E-state index contributed by atoms with van der Waals surface area (Å²) in [5, 5.41) is 9.08. The van der Waals surface area contributed by atoms with Gasteiger partial charge < -0.3 is 5.11 Å². The quantitative estimate of drug-likeness (QED) is 0.598. The fraction of sp³-hybridized carbons (Fsp3) is 0.875. The Kier molecular flexibility index (Phi) is 4.77. The third-order valence-electron chi connectivity index (χ3n) is 9.59. The molecule has 1 N–H and O–H groups in total. The molecule has 2 nitrogen and oxygen atoms in total. The maximum absolute atomic E-state index is 11.0. The lowest BCUT2D eigenvalue weighted by Crippen LogP contribution is -2.50. The van der Waals surface area contributed by atoms with Gasteiger partial charge in [0.05, 0.1) is 0 Å². The molecule has 0 bridgehead atoms. The van der Waals surface area contributed by atoms with Gasteiger partial charge in [-0.15, -0.1) is 0 Å². The summed E-state index contributed by atoms with van der Waals surface area (Å²) in [4.78, 5) is 11.0. The van der Waals surface area contributed by atoms with E-state index < -0.39 is 5.97 Å². The van der Waals surface area contributed by atoms with Crippen molar-refractivity contribution in [1.82, 2.24) is 0 Å². The predicted molar refractivity (Wildman–Crippen MR) is 106 cm³/mol. The van der Waals surface area contributed by atoms with Crippen LogP contribution in [0.15, 0.2) is 12.2 Å². The van der Waals surface area contributed by atoms with E-state index in [0.29, 0.717) is 29.1 Å². The minimum Gasteiger partial charge on any atom is -0.481 e. The molecular weight excluding hydrogens is 320 g/mol. The number of carboxylic acid groups (broad SMARTS) is 1. The summed E-state index contributed by atoms with van der Waals surface area (Å²) in [6.07, 6.45) is 17.8. The second kappa shape index (κ2) is 6.67. The highest BCUT2D eigenvalue weighted by atomic mass is 16.4. The van der Waals surface area contributed by atoms with Gasteiger partial charge in [0.15, 0.2) is 0 Å². The first-order valence-corrected chi connectivity index (χ1v) is 11.3. The van der Waals surface area contributed by atoms with Crippen LogP contribution in [0.5, 0.6) is 0 Å². The first-order chi connectivity index (χ1) is 12.4. The van der Waals surface area contributed by atoms with E-state index >= 15 is 0 Å². The normalized spacial score (nSPS) is 48.3. The molecule has 0 spiro atoms.